The van der Waals surface area contributed by atoms with Crippen LogP contribution in [-0.2, 0) is 4.79 Å². The molecule has 1 amide bonds. The van der Waals surface area contributed by atoms with Crippen LogP contribution in [-0.4, -0.2) is 22.6 Å². The molecule has 0 spiro atoms. The van der Waals surface area contributed by atoms with Crippen molar-refractivity contribution in [2.24, 2.45) is 23.5 Å². The lowest BCUT2D eigenvalue weighted by Crippen LogP contribution is -2.26. The summed E-state index contributed by atoms with van der Waals surface area (Å²) in [6.45, 7) is 2.17. The molecule has 2 aliphatic carbocycles. The van der Waals surface area contributed by atoms with Crippen LogP contribution in [0.15, 0.2) is 6.07 Å². The average Bonchev–Trinajstić information content (AvgIpc) is 3.12. The summed E-state index contributed by atoms with van der Waals surface area (Å²) < 4.78 is 0. The number of nitrogens with zero attached hydrogens (tertiary/aromatic N) is 1. The van der Waals surface area contributed by atoms with Gasteiger partial charge in [-0.05, 0) is 31.1 Å². The van der Waals surface area contributed by atoms with E-state index in [1.807, 2.05) is 13.0 Å². The number of aromatic nitrogens is 2. The largest absolute Gasteiger partial charge is 0.330 e. The van der Waals surface area contributed by atoms with E-state index >= 15 is 0 Å². The minimum Gasteiger partial charge on any atom is -0.330 e. The van der Waals surface area contributed by atoms with Crippen LogP contribution in [0, 0.1) is 17.8 Å². The van der Waals surface area contributed by atoms with Gasteiger partial charge in [0.25, 0.3) is 0 Å². The predicted octanol–water partition coefficient (Wildman–Crippen LogP) is 1.85. The summed E-state index contributed by atoms with van der Waals surface area (Å²) in [5.74, 6) is 2.73. The lowest BCUT2D eigenvalue weighted by Gasteiger charge is -2.19. The standard InChI is InChI=1S/C14H22N4O/c1-8(7-15)14(19)16-13-6-12(17-18-13)11-5-9-2-3-10(11)4-9/h6,8-11H,2-5,7,15H2,1H3,(H2,16,17,18,19). The van der Waals surface area contributed by atoms with Gasteiger partial charge in [0.05, 0.1) is 0 Å². The van der Waals surface area contributed by atoms with E-state index in [2.05, 4.69) is 15.5 Å². The molecule has 1 aromatic rings. The topological polar surface area (TPSA) is 83.8 Å². The molecule has 2 bridgehead atoms. The molecule has 4 unspecified atom stereocenters. The van der Waals surface area contributed by atoms with E-state index in [4.69, 9.17) is 5.73 Å². The van der Waals surface area contributed by atoms with E-state index in [0.29, 0.717) is 18.3 Å². The highest BCUT2D eigenvalue weighted by Crippen LogP contribution is 2.52. The van der Waals surface area contributed by atoms with Crippen LogP contribution in [0.3, 0.4) is 0 Å². The molecule has 3 rings (SSSR count). The first kappa shape index (κ1) is 12.7. The number of nitrogens with one attached hydrogen (secondary N) is 2. The van der Waals surface area contributed by atoms with Crippen LogP contribution < -0.4 is 11.1 Å². The van der Waals surface area contributed by atoms with Crippen LogP contribution in [0.4, 0.5) is 5.82 Å². The van der Waals surface area contributed by atoms with Gasteiger partial charge in [0.2, 0.25) is 5.91 Å². The lowest BCUT2D eigenvalue weighted by atomic mass is 9.86. The van der Waals surface area contributed by atoms with E-state index in [9.17, 15) is 4.79 Å². The average molecular weight is 262 g/mol. The molecular weight excluding hydrogens is 240 g/mol. The van der Waals surface area contributed by atoms with Crippen molar-refractivity contribution in [3.05, 3.63) is 11.8 Å². The summed E-state index contributed by atoms with van der Waals surface area (Å²) in [6, 6.07) is 1.99. The molecule has 1 aromatic heterocycles. The molecular formula is C14H22N4O. The molecule has 4 atom stereocenters. The predicted molar refractivity (Wildman–Crippen MR) is 73.6 cm³/mol. The van der Waals surface area contributed by atoms with Crippen LogP contribution in [0.2, 0.25) is 0 Å². The number of carbonyl (C=O) groups is 1. The van der Waals surface area contributed by atoms with E-state index in [-0.39, 0.29) is 11.8 Å². The van der Waals surface area contributed by atoms with Gasteiger partial charge < -0.3 is 11.1 Å². The molecule has 104 valence electrons. The quantitative estimate of drug-likeness (QED) is 0.774. The van der Waals surface area contributed by atoms with Gasteiger partial charge in [0.1, 0.15) is 0 Å². The number of carbonyl (C=O) groups excluding carboxylic acids is 1. The minimum absolute atomic E-state index is 0.0616. The van der Waals surface area contributed by atoms with E-state index in [1.165, 1.54) is 31.4 Å². The minimum atomic E-state index is -0.178. The fourth-order valence-electron chi connectivity index (χ4n) is 3.57. The molecule has 4 N–H and O–H groups in total. The van der Waals surface area contributed by atoms with Gasteiger partial charge in [0, 0.05) is 30.1 Å². The Morgan fingerprint density at radius 2 is 2.42 bits per heavy atom. The molecule has 5 heteroatoms. The third-order valence-electron chi connectivity index (χ3n) is 4.79. The van der Waals surface area contributed by atoms with Crippen molar-refractivity contribution in [1.29, 1.82) is 0 Å². The fourth-order valence-corrected chi connectivity index (χ4v) is 3.57. The first-order valence-corrected chi connectivity index (χ1v) is 7.23. The second-order valence-electron chi connectivity index (χ2n) is 6.12. The van der Waals surface area contributed by atoms with Crippen molar-refractivity contribution in [3.8, 4) is 0 Å². The SMILES string of the molecule is CC(CN)C(=O)Nc1cc(C2CC3CCC2C3)[nH]n1. The van der Waals surface area contributed by atoms with Crippen molar-refractivity contribution in [2.75, 3.05) is 11.9 Å². The molecule has 2 fully saturated rings. The zero-order valence-corrected chi connectivity index (χ0v) is 11.4. The first-order valence-electron chi connectivity index (χ1n) is 7.23. The van der Waals surface area contributed by atoms with Crippen molar-refractivity contribution in [3.63, 3.8) is 0 Å². The van der Waals surface area contributed by atoms with Gasteiger partial charge in [-0.15, -0.1) is 0 Å². The Morgan fingerprint density at radius 3 is 3.05 bits per heavy atom. The third kappa shape index (κ3) is 2.39. The van der Waals surface area contributed by atoms with Crippen LogP contribution in [0.25, 0.3) is 0 Å². The van der Waals surface area contributed by atoms with E-state index in [0.717, 1.165) is 11.8 Å². The van der Waals surface area contributed by atoms with Crippen LogP contribution >= 0.6 is 0 Å². The summed E-state index contributed by atoms with van der Waals surface area (Å²) >= 11 is 0. The third-order valence-corrected chi connectivity index (χ3v) is 4.79. The fraction of sp³-hybridized carbons (Fsp3) is 0.714. The molecule has 0 radical (unpaired) electrons. The summed E-state index contributed by atoms with van der Waals surface area (Å²) in [5.41, 5.74) is 6.67. The summed E-state index contributed by atoms with van der Waals surface area (Å²) in [7, 11) is 0. The Hall–Kier alpha value is -1.36. The van der Waals surface area contributed by atoms with Crippen molar-refractivity contribution in [2.45, 2.75) is 38.5 Å². The number of aromatic amines is 1. The molecule has 2 aliphatic rings. The van der Waals surface area contributed by atoms with E-state index in [1.54, 1.807) is 0 Å². The summed E-state index contributed by atoms with van der Waals surface area (Å²) in [4.78, 5) is 11.8. The Balaban J connectivity index is 1.65. The second kappa shape index (κ2) is 4.96. The number of anilines is 1. The van der Waals surface area contributed by atoms with Gasteiger partial charge in [-0.3, -0.25) is 9.89 Å². The number of nitrogens with two attached hydrogens (primary N) is 1. The maximum Gasteiger partial charge on any atom is 0.229 e. The Morgan fingerprint density at radius 1 is 1.58 bits per heavy atom. The zero-order valence-electron chi connectivity index (χ0n) is 11.4. The van der Waals surface area contributed by atoms with Gasteiger partial charge >= 0.3 is 0 Å². The Bertz CT molecular complexity index is 470. The number of amides is 1. The first-order chi connectivity index (χ1) is 9.17. The van der Waals surface area contributed by atoms with Gasteiger partial charge in [0.15, 0.2) is 5.82 Å². The number of hydrogen-bond donors (Lipinski definition) is 3. The highest BCUT2D eigenvalue weighted by atomic mass is 16.1. The molecule has 2 saturated carbocycles. The highest BCUT2D eigenvalue weighted by molar-refractivity contribution is 5.91. The highest BCUT2D eigenvalue weighted by Gasteiger charge is 2.40. The number of rotatable bonds is 4. The maximum atomic E-state index is 11.8. The Labute approximate surface area is 113 Å². The number of hydrogen-bond acceptors (Lipinski definition) is 3. The van der Waals surface area contributed by atoms with Gasteiger partial charge in [-0.1, -0.05) is 13.3 Å². The Kier molecular flexibility index (Phi) is 3.31. The normalized spacial score (nSPS) is 30.5. The molecule has 1 heterocycles. The maximum absolute atomic E-state index is 11.8. The molecule has 19 heavy (non-hydrogen) atoms. The zero-order chi connectivity index (χ0) is 13.4. The second-order valence-corrected chi connectivity index (χ2v) is 6.12. The molecule has 0 aliphatic heterocycles. The molecule has 0 aromatic carbocycles. The van der Waals surface area contributed by atoms with Crippen LogP contribution in [0.5, 0.6) is 0 Å². The summed E-state index contributed by atoms with van der Waals surface area (Å²) in [5, 5.41) is 10.1. The van der Waals surface area contributed by atoms with E-state index < -0.39 is 0 Å². The molecule has 5 nitrogen and oxygen atoms in total. The molecule has 0 saturated heterocycles. The lowest BCUT2D eigenvalue weighted by molar-refractivity contribution is -0.119. The number of fused-ring (bicyclic) bond motifs is 2. The summed E-state index contributed by atoms with van der Waals surface area (Å²) in [6.07, 6.45) is 5.39. The van der Waals surface area contributed by atoms with Gasteiger partial charge in [-0.25, -0.2) is 0 Å². The monoisotopic (exact) mass is 262 g/mol. The van der Waals surface area contributed by atoms with Gasteiger partial charge in [-0.2, -0.15) is 5.10 Å². The smallest absolute Gasteiger partial charge is 0.229 e. The van der Waals surface area contributed by atoms with Crippen molar-refractivity contribution in [1.82, 2.24) is 10.2 Å². The van der Waals surface area contributed by atoms with Crippen LogP contribution in [0.1, 0.15) is 44.2 Å². The number of H-pyrrole nitrogens is 1. The van der Waals surface area contributed by atoms with Crippen molar-refractivity contribution >= 4 is 11.7 Å². The van der Waals surface area contributed by atoms with Crippen molar-refractivity contribution < 1.29 is 4.79 Å².